The largest absolute Gasteiger partial charge is 0.455 e. The molecule has 2 aromatic heterocycles. The highest BCUT2D eigenvalue weighted by Crippen LogP contribution is 2.39. The second-order valence-electron chi connectivity index (χ2n) is 11.1. The lowest BCUT2D eigenvalue weighted by molar-refractivity contribution is 0.575. The van der Waals surface area contributed by atoms with Crippen LogP contribution < -0.4 is 5.32 Å². The van der Waals surface area contributed by atoms with Gasteiger partial charge in [-0.15, -0.1) is 0 Å². The van der Waals surface area contributed by atoms with Crippen LogP contribution in [0.25, 0.3) is 54.9 Å². The third-order valence-electron chi connectivity index (χ3n) is 8.48. The number of aromatic nitrogens is 1. The minimum Gasteiger partial charge on any atom is -0.455 e. The zero-order valence-corrected chi connectivity index (χ0v) is 23.7. The lowest BCUT2D eigenvalue weighted by atomic mass is 10.0. The Bertz CT molecular complexity index is 2360. The molecule has 0 amide bonds. The fraction of sp³-hybridized carbons (Fsp3) is 0.0256. The molecule has 1 aliphatic heterocycles. The van der Waals surface area contributed by atoms with Crippen LogP contribution in [-0.2, 0) is 0 Å². The van der Waals surface area contributed by atoms with Gasteiger partial charge in [0.25, 0.3) is 0 Å². The van der Waals surface area contributed by atoms with E-state index in [1.807, 2.05) is 48.5 Å². The highest BCUT2D eigenvalue weighted by Gasteiger charge is 2.24. The minimum absolute atomic E-state index is 0.492. The number of amidine groups is 2. The summed E-state index contributed by atoms with van der Waals surface area (Å²) in [4.78, 5) is 10.4. The van der Waals surface area contributed by atoms with Gasteiger partial charge < -0.3 is 9.73 Å². The number of rotatable bonds is 4. The molecule has 0 radical (unpaired) electrons. The predicted molar refractivity (Wildman–Crippen MR) is 180 cm³/mol. The van der Waals surface area contributed by atoms with E-state index in [9.17, 15) is 0 Å². The number of fused-ring (bicyclic) bond motifs is 6. The SMILES string of the molecule is c1ccc(C2=NC(n3c4ccccc4c4cc(-c5cccc6c5oc5ccccc56)ccc43)N=C(c3ccccc3)N2)cc1. The van der Waals surface area contributed by atoms with E-state index in [0.29, 0.717) is 0 Å². The van der Waals surface area contributed by atoms with Gasteiger partial charge in [-0.25, -0.2) is 9.98 Å². The van der Waals surface area contributed by atoms with E-state index in [1.54, 1.807) is 0 Å². The molecule has 44 heavy (non-hydrogen) atoms. The number of furan rings is 1. The number of benzene rings is 6. The van der Waals surface area contributed by atoms with Gasteiger partial charge in [0, 0.05) is 38.2 Å². The van der Waals surface area contributed by atoms with Crippen molar-refractivity contribution in [2.24, 2.45) is 9.98 Å². The van der Waals surface area contributed by atoms with E-state index in [4.69, 9.17) is 14.4 Å². The highest BCUT2D eigenvalue weighted by atomic mass is 16.3. The Morgan fingerprint density at radius 2 is 1.11 bits per heavy atom. The summed E-state index contributed by atoms with van der Waals surface area (Å²) in [5, 5.41) is 8.08. The van der Waals surface area contributed by atoms with Crippen LogP contribution >= 0.6 is 0 Å². The summed E-state index contributed by atoms with van der Waals surface area (Å²) in [6.07, 6.45) is -0.492. The molecule has 0 fully saturated rings. The van der Waals surface area contributed by atoms with Crippen molar-refractivity contribution in [1.82, 2.24) is 9.88 Å². The van der Waals surface area contributed by atoms with Crippen LogP contribution in [0.2, 0.25) is 0 Å². The van der Waals surface area contributed by atoms with Crippen LogP contribution in [0, 0.1) is 0 Å². The fourth-order valence-electron chi connectivity index (χ4n) is 6.43. The number of para-hydroxylation sites is 3. The molecule has 0 saturated heterocycles. The zero-order valence-electron chi connectivity index (χ0n) is 23.7. The molecule has 0 bridgehead atoms. The van der Waals surface area contributed by atoms with Crippen molar-refractivity contribution in [3.05, 3.63) is 157 Å². The van der Waals surface area contributed by atoms with Gasteiger partial charge in [-0.3, -0.25) is 4.57 Å². The molecule has 8 aromatic rings. The van der Waals surface area contributed by atoms with E-state index in [2.05, 4.69) is 107 Å². The normalized spacial score (nSPS) is 13.8. The monoisotopic (exact) mass is 566 g/mol. The maximum Gasteiger partial charge on any atom is 0.224 e. The predicted octanol–water partition coefficient (Wildman–Crippen LogP) is 9.31. The summed E-state index contributed by atoms with van der Waals surface area (Å²) in [5.41, 5.74) is 8.19. The average molecular weight is 567 g/mol. The molecule has 5 nitrogen and oxygen atoms in total. The van der Waals surface area contributed by atoms with Crippen LogP contribution in [-0.4, -0.2) is 16.2 Å². The van der Waals surface area contributed by atoms with Gasteiger partial charge in [0.05, 0.1) is 11.0 Å². The molecule has 3 heterocycles. The first-order chi connectivity index (χ1) is 21.8. The maximum atomic E-state index is 6.40. The van der Waals surface area contributed by atoms with Crippen molar-refractivity contribution < 1.29 is 4.42 Å². The van der Waals surface area contributed by atoms with E-state index in [0.717, 1.165) is 77.7 Å². The highest BCUT2D eigenvalue weighted by molar-refractivity contribution is 6.16. The molecule has 6 aromatic carbocycles. The first kappa shape index (κ1) is 24.6. The number of aliphatic imine (C=N–C) groups is 2. The summed E-state index contributed by atoms with van der Waals surface area (Å²) >= 11 is 0. The lowest BCUT2D eigenvalue weighted by Gasteiger charge is -2.24. The molecule has 0 unspecified atom stereocenters. The molecule has 9 rings (SSSR count). The summed E-state index contributed by atoms with van der Waals surface area (Å²) in [6.45, 7) is 0. The molecule has 1 aliphatic rings. The number of nitrogens with one attached hydrogen (secondary N) is 1. The molecule has 0 saturated carbocycles. The smallest absolute Gasteiger partial charge is 0.224 e. The van der Waals surface area contributed by atoms with E-state index in [1.165, 1.54) is 0 Å². The molecule has 0 spiro atoms. The van der Waals surface area contributed by atoms with Crippen LogP contribution in [0.4, 0.5) is 0 Å². The van der Waals surface area contributed by atoms with Crippen LogP contribution in [0.15, 0.2) is 160 Å². The second-order valence-corrected chi connectivity index (χ2v) is 11.1. The van der Waals surface area contributed by atoms with Crippen molar-refractivity contribution in [2.45, 2.75) is 6.29 Å². The summed E-state index contributed by atoms with van der Waals surface area (Å²) < 4.78 is 8.65. The number of hydrogen-bond acceptors (Lipinski definition) is 4. The average Bonchev–Trinajstić information content (AvgIpc) is 3.64. The second kappa shape index (κ2) is 9.82. The van der Waals surface area contributed by atoms with Crippen molar-refractivity contribution in [3.8, 4) is 11.1 Å². The van der Waals surface area contributed by atoms with Gasteiger partial charge in [0.1, 0.15) is 22.8 Å². The Labute approximate surface area is 253 Å². The molecule has 5 heteroatoms. The first-order valence-electron chi connectivity index (χ1n) is 14.8. The summed E-state index contributed by atoms with van der Waals surface area (Å²) in [5.74, 6) is 1.59. The molecular weight excluding hydrogens is 540 g/mol. The zero-order chi connectivity index (χ0) is 29.0. The quantitative estimate of drug-likeness (QED) is 0.231. The maximum absolute atomic E-state index is 6.40. The Hall–Kier alpha value is -5.94. The Morgan fingerprint density at radius 1 is 0.500 bits per heavy atom. The van der Waals surface area contributed by atoms with Crippen molar-refractivity contribution in [1.29, 1.82) is 0 Å². The molecule has 0 atom stereocenters. The Kier molecular flexibility index (Phi) is 5.50. The molecular formula is C39H26N4O. The van der Waals surface area contributed by atoms with E-state index < -0.39 is 6.29 Å². The summed E-state index contributed by atoms with van der Waals surface area (Å²) in [6, 6.07) is 50.3. The van der Waals surface area contributed by atoms with Gasteiger partial charge in [0.2, 0.25) is 6.29 Å². The van der Waals surface area contributed by atoms with Crippen LogP contribution in [0.3, 0.4) is 0 Å². The van der Waals surface area contributed by atoms with Gasteiger partial charge in [-0.2, -0.15) is 0 Å². The van der Waals surface area contributed by atoms with Gasteiger partial charge in [-0.05, 0) is 29.8 Å². The fourth-order valence-corrected chi connectivity index (χ4v) is 6.43. The Balaban J connectivity index is 1.26. The van der Waals surface area contributed by atoms with Gasteiger partial charge in [0.15, 0.2) is 0 Å². The van der Waals surface area contributed by atoms with Crippen molar-refractivity contribution in [3.63, 3.8) is 0 Å². The third-order valence-corrected chi connectivity index (χ3v) is 8.48. The van der Waals surface area contributed by atoms with Gasteiger partial charge in [-0.1, -0.05) is 121 Å². The topological polar surface area (TPSA) is 54.8 Å². The number of hydrogen-bond donors (Lipinski definition) is 1. The minimum atomic E-state index is -0.492. The third kappa shape index (κ3) is 3.87. The molecule has 0 aliphatic carbocycles. The standard InChI is InChI=1S/C39H26N4O/c1-3-12-25(13-4-1)37-40-38(26-14-5-2-6-15-26)42-39(41-37)43-33-20-9-7-16-29(33)32-24-27(22-23-34(32)43)28-18-11-19-31-30-17-8-10-21-35(30)44-36(28)31/h1-24,39H,(H,40,41,42). The van der Waals surface area contributed by atoms with Crippen molar-refractivity contribution in [2.75, 3.05) is 0 Å². The van der Waals surface area contributed by atoms with Crippen LogP contribution in [0.5, 0.6) is 0 Å². The van der Waals surface area contributed by atoms with E-state index in [-0.39, 0.29) is 0 Å². The number of nitrogens with zero attached hydrogens (tertiary/aromatic N) is 3. The van der Waals surface area contributed by atoms with Crippen molar-refractivity contribution >= 4 is 55.4 Å². The lowest BCUT2D eigenvalue weighted by Crippen LogP contribution is -2.36. The first-order valence-corrected chi connectivity index (χ1v) is 14.8. The molecule has 1 N–H and O–H groups in total. The molecule has 208 valence electrons. The van der Waals surface area contributed by atoms with E-state index >= 15 is 0 Å². The van der Waals surface area contributed by atoms with Gasteiger partial charge >= 0.3 is 0 Å². The Morgan fingerprint density at radius 3 is 1.86 bits per heavy atom. The summed E-state index contributed by atoms with van der Waals surface area (Å²) in [7, 11) is 0. The van der Waals surface area contributed by atoms with Crippen LogP contribution in [0.1, 0.15) is 17.4 Å².